The van der Waals surface area contributed by atoms with Crippen LogP contribution in [0.3, 0.4) is 0 Å². The van der Waals surface area contributed by atoms with E-state index in [1.807, 2.05) is 0 Å². The SMILES string of the molecule is COCCC(NC(=O)Cc1ccc(S(=O)(=O)N2CCCCC2)cc1)C(=O)O. The number of carboxylic acid groups (broad SMARTS) is 1. The van der Waals surface area contributed by atoms with E-state index in [-0.39, 0.29) is 24.3 Å². The predicted molar refractivity (Wildman–Crippen MR) is 98.8 cm³/mol. The van der Waals surface area contributed by atoms with Gasteiger partial charge in [0.05, 0.1) is 11.3 Å². The molecule has 0 bridgehead atoms. The molecule has 1 saturated heterocycles. The van der Waals surface area contributed by atoms with E-state index in [0.29, 0.717) is 18.7 Å². The standard InChI is InChI=1S/C18H26N2O6S/c1-26-12-9-16(18(22)23)19-17(21)13-14-5-7-15(8-6-14)27(24,25)20-10-3-2-4-11-20/h5-8,16H,2-4,9-13H2,1H3,(H,19,21)(H,22,23). The number of sulfonamides is 1. The first-order valence-electron chi connectivity index (χ1n) is 8.95. The van der Waals surface area contributed by atoms with Crippen LogP contribution in [0.2, 0.25) is 0 Å². The lowest BCUT2D eigenvalue weighted by atomic mass is 10.1. The molecule has 1 unspecified atom stereocenters. The first-order valence-corrected chi connectivity index (χ1v) is 10.4. The summed E-state index contributed by atoms with van der Waals surface area (Å²) < 4.78 is 31.6. The lowest BCUT2D eigenvalue weighted by Crippen LogP contribution is -2.42. The molecule has 0 spiro atoms. The third kappa shape index (κ3) is 6.02. The topological polar surface area (TPSA) is 113 Å². The van der Waals surface area contributed by atoms with Gasteiger partial charge in [-0.2, -0.15) is 4.31 Å². The summed E-state index contributed by atoms with van der Waals surface area (Å²) in [5.41, 5.74) is 0.612. The summed E-state index contributed by atoms with van der Waals surface area (Å²) in [7, 11) is -2.05. The van der Waals surface area contributed by atoms with Gasteiger partial charge < -0.3 is 15.2 Å². The molecule has 1 aliphatic heterocycles. The molecule has 0 aliphatic carbocycles. The summed E-state index contributed by atoms with van der Waals surface area (Å²) >= 11 is 0. The molecular weight excluding hydrogens is 372 g/mol. The molecule has 0 aromatic heterocycles. The monoisotopic (exact) mass is 398 g/mol. The van der Waals surface area contributed by atoms with E-state index in [1.54, 1.807) is 12.1 Å². The highest BCUT2D eigenvalue weighted by molar-refractivity contribution is 7.89. The van der Waals surface area contributed by atoms with E-state index in [0.717, 1.165) is 19.3 Å². The number of nitrogens with one attached hydrogen (secondary N) is 1. The molecule has 1 fully saturated rings. The summed E-state index contributed by atoms with van der Waals surface area (Å²) in [5.74, 6) is -1.56. The van der Waals surface area contributed by atoms with Gasteiger partial charge in [0, 0.05) is 33.2 Å². The Labute approximate surface area is 159 Å². The molecule has 1 amide bonds. The Bertz CT molecular complexity index is 742. The van der Waals surface area contributed by atoms with Crippen molar-refractivity contribution in [1.82, 2.24) is 9.62 Å². The van der Waals surface area contributed by atoms with Gasteiger partial charge in [-0.25, -0.2) is 13.2 Å². The van der Waals surface area contributed by atoms with Gasteiger partial charge in [0.25, 0.3) is 0 Å². The summed E-state index contributed by atoms with van der Waals surface area (Å²) in [6.45, 7) is 1.29. The minimum atomic E-state index is -3.51. The fourth-order valence-corrected chi connectivity index (χ4v) is 4.47. The number of rotatable bonds is 9. The first-order chi connectivity index (χ1) is 12.8. The van der Waals surface area contributed by atoms with Gasteiger partial charge >= 0.3 is 5.97 Å². The number of carbonyl (C=O) groups excluding carboxylic acids is 1. The number of hydrogen-bond donors (Lipinski definition) is 2. The van der Waals surface area contributed by atoms with Crippen LogP contribution in [0.5, 0.6) is 0 Å². The summed E-state index contributed by atoms with van der Waals surface area (Å²) in [6.07, 6.45) is 2.92. The Morgan fingerprint density at radius 1 is 1.19 bits per heavy atom. The first kappa shape index (κ1) is 21.3. The molecule has 0 radical (unpaired) electrons. The molecule has 0 saturated carbocycles. The van der Waals surface area contributed by atoms with E-state index in [1.165, 1.54) is 23.5 Å². The van der Waals surface area contributed by atoms with Crippen LogP contribution >= 0.6 is 0 Å². The van der Waals surface area contributed by atoms with Crippen LogP contribution in [0.25, 0.3) is 0 Å². The molecule has 8 nitrogen and oxygen atoms in total. The van der Waals surface area contributed by atoms with E-state index in [9.17, 15) is 18.0 Å². The zero-order valence-electron chi connectivity index (χ0n) is 15.4. The second kappa shape index (κ2) is 9.82. The van der Waals surface area contributed by atoms with E-state index >= 15 is 0 Å². The van der Waals surface area contributed by atoms with Crippen molar-refractivity contribution in [3.63, 3.8) is 0 Å². The molecule has 2 N–H and O–H groups in total. The minimum Gasteiger partial charge on any atom is -0.480 e. The molecule has 27 heavy (non-hydrogen) atoms. The maximum Gasteiger partial charge on any atom is 0.326 e. The number of piperidine rings is 1. The Balaban J connectivity index is 1.98. The van der Waals surface area contributed by atoms with Gasteiger partial charge in [-0.3, -0.25) is 4.79 Å². The maximum absolute atomic E-state index is 12.6. The predicted octanol–water partition coefficient (Wildman–Crippen LogP) is 1.01. The van der Waals surface area contributed by atoms with Crippen LogP contribution in [-0.4, -0.2) is 62.6 Å². The van der Waals surface area contributed by atoms with Crippen LogP contribution < -0.4 is 5.32 Å². The third-order valence-electron chi connectivity index (χ3n) is 4.48. The highest BCUT2D eigenvalue weighted by Crippen LogP contribution is 2.21. The largest absolute Gasteiger partial charge is 0.480 e. The van der Waals surface area contributed by atoms with Crippen molar-refractivity contribution in [3.05, 3.63) is 29.8 Å². The Kier molecular flexibility index (Phi) is 7.76. The number of hydrogen-bond acceptors (Lipinski definition) is 5. The Morgan fingerprint density at radius 3 is 2.37 bits per heavy atom. The van der Waals surface area contributed by atoms with Gasteiger partial charge in [-0.05, 0) is 30.5 Å². The van der Waals surface area contributed by atoms with Crippen LogP contribution in [0.4, 0.5) is 0 Å². The van der Waals surface area contributed by atoms with Crippen molar-refractivity contribution in [2.75, 3.05) is 26.8 Å². The molecule has 2 rings (SSSR count). The van der Waals surface area contributed by atoms with Crippen LogP contribution in [-0.2, 0) is 30.8 Å². The molecule has 1 aromatic carbocycles. The highest BCUT2D eigenvalue weighted by atomic mass is 32.2. The smallest absolute Gasteiger partial charge is 0.326 e. The average molecular weight is 398 g/mol. The number of methoxy groups -OCH3 is 1. The van der Waals surface area contributed by atoms with Crippen molar-refractivity contribution in [2.45, 2.75) is 43.0 Å². The number of aliphatic carboxylic acids is 1. The average Bonchev–Trinajstić information content (AvgIpc) is 2.66. The van der Waals surface area contributed by atoms with Gasteiger partial charge in [-0.1, -0.05) is 18.6 Å². The maximum atomic E-state index is 12.6. The van der Waals surface area contributed by atoms with Crippen molar-refractivity contribution in [3.8, 4) is 0 Å². The van der Waals surface area contributed by atoms with Crippen molar-refractivity contribution in [1.29, 1.82) is 0 Å². The van der Waals surface area contributed by atoms with Crippen molar-refractivity contribution >= 4 is 21.9 Å². The second-order valence-corrected chi connectivity index (χ2v) is 8.46. The van der Waals surface area contributed by atoms with Gasteiger partial charge in [0.1, 0.15) is 6.04 Å². The van der Waals surface area contributed by atoms with Gasteiger partial charge in [0.2, 0.25) is 15.9 Å². The Morgan fingerprint density at radius 2 is 1.81 bits per heavy atom. The normalized spacial score (nSPS) is 16.6. The zero-order valence-corrected chi connectivity index (χ0v) is 16.2. The number of amides is 1. The molecule has 1 aromatic rings. The third-order valence-corrected chi connectivity index (χ3v) is 6.40. The molecule has 1 heterocycles. The van der Waals surface area contributed by atoms with E-state index < -0.39 is 27.9 Å². The summed E-state index contributed by atoms with van der Waals surface area (Å²) in [4.78, 5) is 23.4. The molecule has 1 atom stereocenters. The Hall–Kier alpha value is -1.97. The fraction of sp³-hybridized carbons (Fsp3) is 0.556. The number of carboxylic acids is 1. The molecular formula is C18H26N2O6S. The summed E-state index contributed by atoms with van der Waals surface area (Å²) in [6, 6.07) is 5.14. The van der Waals surface area contributed by atoms with Gasteiger partial charge in [-0.15, -0.1) is 0 Å². The molecule has 1 aliphatic rings. The van der Waals surface area contributed by atoms with Crippen molar-refractivity contribution in [2.24, 2.45) is 0 Å². The minimum absolute atomic E-state index is 0.0270. The molecule has 9 heteroatoms. The van der Waals surface area contributed by atoms with Crippen LogP contribution in [0.15, 0.2) is 29.2 Å². The number of ether oxygens (including phenoxy) is 1. The number of benzene rings is 1. The summed E-state index contributed by atoms with van der Waals surface area (Å²) in [5, 5.41) is 11.6. The number of nitrogens with zero attached hydrogens (tertiary/aromatic N) is 1. The van der Waals surface area contributed by atoms with Gasteiger partial charge in [0.15, 0.2) is 0 Å². The number of carbonyl (C=O) groups is 2. The highest BCUT2D eigenvalue weighted by Gasteiger charge is 2.26. The van der Waals surface area contributed by atoms with E-state index in [2.05, 4.69) is 5.32 Å². The van der Waals surface area contributed by atoms with Crippen molar-refractivity contribution < 1.29 is 27.9 Å². The quantitative estimate of drug-likeness (QED) is 0.642. The molecule has 150 valence electrons. The fourth-order valence-electron chi connectivity index (χ4n) is 2.96. The lowest BCUT2D eigenvalue weighted by Gasteiger charge is -2.25. The van der Waals surface area contributed by atoms with Crippen LogP contribution in [0, 0.1) is 0 Å². The lowest BCUT2D eigenvalue weighted by molar-refractivity contribution is -0.142. The zero-order chi connectivity index (χ0) is 19.9. The van der Waals surface area contributed by atoms with E-state index in [4.69, 9.17) is 9.84 Å². The van der Waals surface area contributed by atoms with Crippen LogP contribution in [0.1, 0.15) is 31.2 Å². The second-order valence-electron chi connectivity index (χ2n) is 6.53.